The number of likely N-dealkylation sites (tertiary alicyclic amines) is 1. The first kappa shape index (κ1) is 15.0. The van der Waals surface area contributed by atoms with Gasteiger partial charge in [0.1, 0.15) is 17.8 Å². The highest BCUT2D eigenvalue weighted by atomic mass is 35.5. The van der Waals surface area contributed by atoms with E-state index in [4.69, 9.17) is 16.3 Å². The fraction of sp³-hybridized carbons (Fsp3) is 0.818. The molecule has 7 heteroatoms. The molecule has 2 atom stereocenters. The van der Waals surface area contributed by atoms with Crippen LogP contribution in [0.1, 0.15) is 27.2 Å². The van der Waals surface area contributed by atoms with Gasteiger partial charge < -0.3 is 9.47 Å². The van der Waals surface area contributed by atoms with Crippen LogP contribution in [0.15, 0.2) is 0 Å². The van der Waals surface area contributed by atoms with Crippen LogP contribution >= 0.6 is 11.6 Å². The Balaban J connectivity index is 2.72. The van der Waals surface area contributed by atoms with Crippen molar-refractivity contribution >= 4 is 23.7 Å². The number of rotatable bonds is 2. The van der Waals surface area contributed by atoms with Crippen LogP contribution in [-0.2, 0) is 14.3 Å². The minimum atomic E-state index is -1.26. The summed E-state index contributed by atoms with van der Waals surface area (Å²) in [6.45, 7) is 4.91. The zero-order chi connectivity index (χ0) is 13.9. The Morgan fingerprint density at radius 3 is 2.56 bits per heavy atom. The standard InChI is InChI=1S/C11H17ClFNO4/c1-11(2,3)18-10(16)14-5-7(13)4-8(14)9(15)17-6-12/h7-8H,4-6H2,1-3H3. The molecule has 1 heterocycles. The molecule has 0 bridgehead atoms. The van der Waals surface area contributed by atoms with Crippen molar-refractivity contribution in [1.29, 1.82) is 0 Å². The van der Waals surface area contributed by atoms with Crippen LogP contribution < -0.4 is 0 Å². The number of hydrogen-bond acceptors (Lipinski definition) is 4. The molecule has 104 valence electrons. The van der Waals surface area contributed by atoms with Crippen LogP contribution in [0.3, 0.4) is 0 Å². The van der Waals surface area contributed by atoms with Gasteiger partial charge in [-0.3, -0.25) is 4.90 Å². The van der Waals surface area contributed by atoms with Crippen molar-refractivity contribution in [2.75, 3.05) is 12.6 Å². The SMILES string of the molecule is CC(C)(C)OC(=O)N1CC(F)CC1C(=O)OCCl. The van der Waals surface area contributed by atoms with E-state index in [0.29, 0.717) is 0 Å². The summed E-state index contributed by atoms with van der Waals surface area (Å²) in [6.07, 6.45) is -2.07. The first-order valence-corrected chi connectivity index (χ1v) is 6.14. The van der Waals surface area contributed by atoms with Crippen LogP contribution in [-0.4, -0.2) is 47.4 Å². The lowest BCUT2D eigenvalue weighted by molar-refractivity contribution is -0.146. The molecule has 0 aliphatic carbocycles. The monoisotopic (exact) mass is 281 g/mol. The van der Waals surface area contributed by atoms with Gasteiger partial charge in [0.15, 0.2) is 6.07 Å². The van der Waals surface area contributed by atoms with Crippen molar-refractivity contribution in [3.63, 3.8) is 0 Å². The molecular formula is C11H17ClFNO4. The predicted octanol–water partition coefficient (Wildman–Crippen LogP) is 2.07. The first-order chi connectivity index (χ1) is 8.24. The number of amides is 1. The number of ether oxygens (including phenoxy) is 2. The predicted molar refractivity (Wildman–Crippen MR) is 63.1 cm³/mol. The van der Waals surface area contributed by atoms with E-state index in [9.17, 15) is 14.0 Å². The minimum absolute atomic E-state index is 0.0883. The van der Waals surface area contributed by atoms with Crippen LogP contribution in [0, 0.1) is 0 Å². The second kappa shape index (κ2) is 5.73. The number of alkyl halides is 2. The smallest absolute Gasteiger partial charge is 0.411 e. The van der Waals surface area contributed by atoms with Crippen LogP contribution in [0.2, 0.25) is 0 Å². The number of hydrogen-bond donors (Lipinski definition) is 0. The second-order valence-electron chi connectivity index (χ2n) is 5.05. The van der Waals surface area contributed by atoms with Crippen molar-refractivity contribution in [3.05, 3.63) is 0 Å². The molecule has 1 amide bonds. The lowest BCUT2D eigenvalue weighted by Gasteiger charge is -2.27. The summed E-state index contributed by atoms with van der Waals surface area (Å²) in [5, 5.41) is 0. The fourth-order valence-corrected chi connectivity index (χ4v) is 1.79. The van der Waals surface area contributed by atoms with Crippen LogP contribution in [0.25, 0.3) is 0 Å². The average molecular weight is 282 g/mol. The summed E-state index contributed by atoms with van der Waals surface area (Å²) < 4.78 is 23.0. The average Bonchev–Trinajstić information content (AvgIpc) is 2.58. The zero-order valence-electron chi connectivity index (χ0n) is 10.6. The van der Waals surface area contributed by atoms with E-state index in [0.717, 1.165) is 4.90 Å². The Bertz CT molecular complexity index is 331. The molecule has 0 radical (unpaired) electrons. The number of esters is 1. The highest BCUT2D eigenvalue weighted by Crippen LogP contribution is 2.24. The van der Waals surface area contributed by atoms with Crippen molar-refractivity contribution in [1.82, 2.24) is 4.90 Å². The molecular weight excluding hydrogens is 265 g/mol. The summed E-state index contributed by atoms with van der Waals surface area (Å²) in [4.78, 5) is 24.4. The first-order valence-electron chi connectivity index (χ1n) is 5.61. The zero-order valence-corrected chi connectivity index (χ0v) is 11.4. The van der Waals surface area contributed by atoms with Gasteiger partial charge in [-0.25, -0.2) is 14.0 Å². The normalized spacial score (nSPS) is 23.9. The van der Waals surface area contributed by atoms with E-state index < -0.39 is 29.9 Å². The Kier molecular flexibility index (Phi) is 4.78. The van der Waals surface area contributed by atoms with E-state index in [1.807, 2.05) is 0 Å². The van der Waals surface area contributed by atoms with Crippen molar-refractivity contribution in [3.8, 4) is 0 Å². The molecule has 2 unspecified atom stereocenters. The molecule has 1 rings (SSSR count). The van der Waals surface area contributed by atoms with Gasteiger partial charge in [-0.2, -0.15) is 0 Å². The van der Waals surface area contributed by atoms with E-state index in [-0.39, 0.29) is 19.0 Å². The van der Waals surface area contributed by atoms with Gasteiger partial charge in [0.05, 0.1) is 6.54 Å². The topological polar surface area (TPSA) is 55.8 Å². The molecule has 0 aromatic heterocycles. The third-order valence-electron chi connectivity index (χ3n) is 2.35. The molecule has 0 spiro atoms. The molecule has 1 saturated heterocycles. The molecule has 0 aromatic rings. The Labute approximate surface area is 110 Å². The second-order valence-corrected chi connectivity index (χ2v) is 5.27. The van der Waals surface area contributed by atoms with E-state index >= 15 is 0 Å². The molecule has 1 aliphatic rings. The number of halogens is 2. The maximum Gasteiger partial charge on any atom is 0.411 e. The largest absolute Gasteiger partial charge is 0.448 e. The summed E-state index contributed by atoms with van der Waals surface area (Å²) in [5.41, 5.74) is -0.702. The van der Waals surface area contributed by atoms with Gasteiger partial charge in [-0.1, -0.05) is 11.6 Å². The van der Waals surface area contributed by atoms with E-state index in [1.54, 1.807) is 20.8 Å². The molecule has 1 fully saturated rings. The van der Waals surface area contributed by atoms with Crippen molar-refractivity contribution in [2.24, 2.45) is 0 Å². The minimum Gasteiger partial charge on any atom is -0.448 e. The lowest BCUT2D eigenvalue weighted by Crippen LogP contribution is -2.44. The summed E-state index contributed by atoms with van der Waals surface area (Å²) in [7, 11) is 0. The third kappa shape index (κ3) is 4.01. The fourth-order valence-electron chi connectivity index (χ4n) is 1.68. The molecule has 1 aliphatic heterocycles. The van der Waals surface area contributed by atoms with Crippen molar-refractivity contribution < 1.29 is 23.5 Å². The summed E-state index contributed by atoms with van der Waals surface area (Å²) in [5.74, 6) is -0.712. The Morgan fingerprint density at radius 2 is 2.06 bits per heavy atom. The number of carbonyl (C=O) groups excluding carboxylic acids is 2. The van der Waals surface area contributed by atoms with Gasteiger partial charge in [-0.05, 0) is 20.8 Å². The summed E-state index contributed by atoms with van der Waals surface area (Å²) in [6, 6.07) is -1.29. The molecule has 5 nitrogen and oxygen atoms in total. The molecule has 0 N–H and O–H groups in total. The van der Waals surface area contributed by atoms with Gasteiger partial charge in [0, 0.05) is 6.42 Å². The summed E-state index contributed by atoms with van der Waals surface area (Å²) >= 11 is 5.27. The van der Waals surface area contributed by atoms with E-state index in [1.165, 1.54) is 0 Å². The number of nitrogens with zero attached hydrogens (tertiary/aromatic N) is 1. The maximum absolute atomic E-state index is 13.3. The maximum atomic E-state index is 13.3. The lowest BCUT2D eigenvalue weighted by atomic mass is 10.2. The molecule has 0 aromatic carbocycles. The third-order valence-corrected chi connectivity index (χ3v) is 2.46. The van der Waals surface area contributed by atoms with Gasteiger partial charge in [-0.15, -0.1) is 0 Å². The molecule has 0 saturated carbocycles. The number of carbonyl (C=O) groups is 2. The van der Waals surface area contributed by atoms with Gasteiger partial charge in [0.2, 0.25) is 0 Å². The van der Waals surface area contributed by atoms with Gasteiger partial charge in [0.25, 0.3) is 0 Å². The highest BCUT2D eigenvalue weighted by molar-refractivity contribution is 6.17. The molecule has 18 heavy (non-hydrogen) atoms. The van der Waals surface area contributed by atoms with Crippen LogP contribution in [0.5, 0.6) is 0 Å². The van der Waals surface area contributed by atoms with E-state index in [2.05, 4.69) is 4.74 Å². The van der Waals surface area contributed by atoms with Crippen LogP contribution in [0.4, 0.5) is 9.18 Å². The Morgan fingerprint density at radius 1 is 1.44 bits per heavy atom. The highest BCUT2D eigenvalue weighted by Gasteiger charge is 2.42. The van der Waals surface area contributed by atoms with Crippen molar-refractivity contribution in [2.45, 2.75) is 45.0 Å². The Hall–Kier alpha value is -1.04. The quantitative estimate of drug-likeness (QED) is 0.574. The van der Waals surface area contributed by atoms with Gasteiger partial charge >= 0.3 is 12.1 Å².